The van der Waals surface area contributed by atoms with Gasteiger partial charge >= 0.3 is 0 Å². The summed E-state index contributed by atoms with van der Waals surface area (Å²) in [7, 11) is 0. The molecular weight excluding hydrogens is 304 g/mol. The number of carbonyl (C=O) groups excluding carboxylic acids is 1. The van der Waals surface area contributed by atoms with Crippen LogP contribution in [0.3, 0.4) is 0 Å². The molecule has 0 bridgehead atoms. The number of aryl methyl sites for hydroxylation is 1. The van der Waals surface area contributed by atoms with E-state index in [-0.39, 0.29) is 18.1 Å². The molecule has 1 saturated heterocycles. The summed E-state index contributed by atoms with van der Waals surface area (Å²) in [6.07, 6.45) is 2.23. The van der Waals surface area contributed by atoms with Gasteiger partial charge in [-0.15, -0.1) is 0 Å². The molecule has 4 rings (SSSR count). The van der Waals surface area contributed by atoms with Gasteiger partial charge in [0.15, 0.2) is 5.89 Å². The van der Waals surface area contributed by atoms with Crippen molar-refractivity contribution in [1.29, 1.82) is 0 Å². The van der Waals surface area contributed by atoms with E-state index in [1.54, 1.807) is 0 Å². The van der Waals surface area contributed by atoms with Crippen molar-refractivity contribution in [3.05, 3.63) is 53.2 Å². The number of benzene rings is 1. The van der Waals surface area contributed by atoms with Crippen LogP contribution in [-0.4, -0.2) is 35.0 Å². The maximum absolute atomic E-state index is 13.1. The molecule has 2 atom stereocenters. The van der Waals surface area contributed by atoms with E-state index in [4.69, 9.17) is 9.15 Å². The molecular formula is C19H22N2O3. The molecule has 2 heterocycles. The zero-order valence-corrected chi connectivity index (χ0v) is 14.1. The lowest BCUT2D eigenvalue weighted by molar-refractivity contribution is -0.0457. The Hall–Kier alpha value is -2.14. The Bertz CT molecular complexity index is 736. The Labute approximate surface area is 141 Å². The van der Waals surface area contributed by atoms with Crippen molar-refractivity contribution in [3.8, 4) is 0 Å². The number of hydrogen-bond acceptors (Lipinski definition) is 4. The summed E-state index contributed by atoms with van der Waals surface area (Å²) >= 11 is 0. The van der Waals surface area contributed by atoms with Crippen LogP contribution in [0, 0.1) is 6.92 Å². The van der Waals surface area contributed by atoms with Crippen LogP contribution < -0.4 is 0 Å². The normalized spacial score (nSPS) is 24.2. The van der Waals surface area contributed by atoms with Crippen molar-refractivity contribution >= 4 is 5.91 Å². The summed E-state index contributed by atoms with van der Waals surface area (Å²) in [5.41, 5.74) is 1.77. The van der Waals surface area contributed by atoms with Gasteiger partial charge in [0, 0.05) is 12.5 Å². The molecule has 1 aromatic heterocycles. The van der Waals surface area contributed by atoms with Crippen LogP contribution in [0.5, 0.6) is 0 Å². The van der Waals surface area contributed by atoms with Gasteiger partial charge in [-0.3, -0.25) is 4.79 Å². The lowest BCUT2D eigenvalue weighted by Crippen LogP contribution is -2.46. The topological polar surface area (TPSA) is 55.6 Å². The second-order valence-corrected chi connectivity index (χ2v) is 6.77. The van der Waals surface area contributed by atoms with Crippen molar-refractivity contribution in [2.24, 2.45) is 0 Å². The van der Waals surface area contributed by atoms with E-state index in [9.17, 15) is 4.79 Å². The summed E-state index contributed by atoms with van der Waals surface area (Å²) in [5, 5.41) is 0. The van der Waals surface area contributed by atoms with Crippen LogP contribution in [0.4, 0.5) is 0 Å². The van der Waals surface area contributed by atoms with E-state index in [1.165, 1.54) is 0 Å². The predicted octanol–water partition coefficient (Wildman–Crippen LogP) is 3.46. The average Bonchev–Trinajstić information content (AvgIpc) is 3.37. The molecule has 5 heteroatoms. The van der Waals surface area contributed by atoms with Crippen molar-refractivity contribution < 1.29 is 13.9 Å². The molecule has 0 unspecified atom stereocenters. The lowest BCUT2D eigenvalue weighted by atomic mass is 10.0. The first-order chi connectivity index (χ1) is 11.6. The van der Waals surface area contributed by atoms with Crippen LogP contribution in [0.15, 0.2) is 34.7 Å². The minimum absolute atomic E-state index is 0.0139. The minimum atomic E-state index is -0.0937. The quantitative estimate of drug-likeness (QED) is 0.867. The Morgan fingerprint density at radius 1 is 1.25 bits per heavy atom. The second kappa shape index (κ2) is 6.06. The molecule has 2 fully saturated rings. The van der Waals surface area contributed by atoms with Gasteiger partial charge in [0.2, 0.25) is 5.76 Å². The van der Waals surface area contributed by atoms with Crippen molar-refractivity contribution in [2.75, 3.05) is 13.2 Å². The van der Waals surface area contributed by atoms with E-state index in [1.807, 2.05) is 49.1 Å². The number of nitrogens with zero attached hydrogens (tertiary/aromatic N) is 2. The van der Waals surface area contributed by atoms with E-state index >= 15 is 0 Å². The molecule has 1 saturated carbocycles. The lowest BCUT2D eigenvalue weighted by Gasteiger charge is -2.38. The molecule has 126 valence electrons. The van der Waals surface area contributed by atoms with E-state index in [2.05, 4.69) is 4.98 Å². The molecule has 1 amide bonds. The molecule has 1 aliphatic carbocycles. The molecule has 0 radical (unpaired) electrons. The fourth-order valence-electron chi connectivity index (χ4n) is 3.23. The van der Waals surface area contributed by atoms with Crippen LogP contribution >= 0.6 is 0 Å². The van der Waals surface area contributed by atoms with Crippen LogP contribution in [0.1, 0.15) is 59.4 Å². The van der Waals surface area contributed by atoms with Gasteiger partial charge in [-0.05, 0) is 32.3 Å². The minimum Gasteiger partial charge on any atom is -0.435 e. The molecule has 0 N–H and O–H groups in total. The van der Waals surface area contributed by atoms with E-state index < -0.39 is 0 Å². The number of hydrogen-bond donors (Lipinski definition) is 0. The number of rotatable bonds is 3. The SMILES string of the molecule is Cc1nc(C2CC2)oc1C(=O)N1C[C@H](C)OC[C@@H]1c1ccccc1. The third-order valence-corrected chi connectivity index (χ3v) is 4.75. The number of aromatic nitrogens is 1. The zero-order chi connectivity index (χ0) is 16.7. The third kappa shape index (κ3) is 2.84. The van der Waals surface area contributed by atoms with E-state index in [0.29, 0.717) is 36.4 Å². The Kier molecular flexibility index (Phi) is 3.88. The number of oxazole rings is 1. The number of ether oxygens (including phenoxy) is 1. The summed E-state index contributed by atoms with van der Waals surface area (Å²) in [5.74, 6) is 1.41. The van der Waals surface area contributed by atoms with Crippen LogP contribution in [0.2, 0.25) is 0 Å². The molecule has 1 aliphatic heterocycles. The van der Waals surface area contributed by atoms with Crippen LogP contribution in [-0.2, 0) is 4.74 Å². The van der Waals surface area contributed by atoms with Gasteiger partial charge in [0.05, 0.1) is 24.4 Å². The summed E-state index contributed by atoms with van der Waals surface area (Å²) in [6, 6.07) is 9.93. The monoisotopic (exact) mass is 326 g/mol. The fourth-order valence-corrected chi connectivity index (χ4v) is 3.23. The van der Waals surface area contributed by atoms with Crippen LogP contribution in [0.25, 0.3) is 0 Å². The maximum Gasteiger partial charge on any atom is 0.292 e. The van der Waals surface area contributed by atoms with Gasteiger partial charge < -0.3 is 14.1 Å². The average molecular weight is 326 g/mol. The summed E-state index contributed by atoms with van der Waals surface area (Å²) in [6.45, 7) is 4.89. The first kappa shape index (κ1) is 15.4. The zero-order valence-electron chi connectivity index (χ0n) is 14.1. The second-order valence-electron chi connectivity index (χ2n) is 6.77. The molecule has 2 aliphatic rings. The van der Waals surface area contributed by atoms with Gasteiger partial charge in [-0.2, -0.15) is 0 Å². The third-order valence-electron chi connectivity index (χ3n) is 4.75. The van der Waals surface area contributed by atoms with Gasteiger partial charge in [-0.1, -0.05) is 30.3 Å². The fraction of sp³-hybridized carbons (Fsp3) is 0.474. The molecule has 0 spiro atoms. The molecule has 1 aromatic carbocycles. The van der Waals surface area contributed by atoms with Crippen molar-refractivity contribution in [2.45, 2.75) is 44.8 Å². The smallest absolute Gasteiger partial charge is 0.292 e. The molecule has 24 heavy (non-hydrogen) atoms. The number of amides is 1. The van der Waals surface area contributed by atoms with Gasteiger partial charge in [0.1, 0.15) is 0 Å². The highest BCUT2D eigenvalue weighted by molar-refractivity contribution is 5.93. The first-order valence-corrected chi connectivity index (χ1v) is 8.58. The first-order valence-electron chi connectivity index (χ1n) is 8.58. The predicted molar refractivity (Wildman–Crippen MR) is 88.8 cm³/mol. The maximum atomic E-state index is 13.1. The van der Waals surface area contributed by atoms with E-state index in [0.717, 1.165) is 18.4 Å². The largest absolute Gasteiger partial charge is 0.435 e. The molecule has 5 nitrogen and oxygen atoms in total. The highest BCUT2D eigenvalue weighted by Crippen LogP contribution is 2.40. The Morgan fingerprint density at radius 3 is 2.71 bits per heavy atom. The van der Waals surface area contributed by atoms with Crippen molar-refractivity contribution in [1.82, 2.24) is 9.88 Å². The summed E-state index contributed by atoms with van der Waals surface area (Å²) < 4.78 is 11.6. The standard InChI is InChI=1S/C19H22N2O3/c1-12-10-21(16(11-23-12)14-6-4-3-5-7-14)19(22)17-13(2)20-18(24-17)15-8-9-15/h3-7,12,15-16H,8-11H2,1-2H3/t12-,16+/m0/s1. The summed E-state index contributed by atoms with van der Waals surface area (Å²) in [4.78, 5) is 19.5. The Morgan fingerprint density at radius 2 is 2.00 bits per heavy atom. The molecule has 2 aromatic rings. The Balaban J connectivity index is 1.64. The highest BCUT2D eigenvalue weighted by atomic mass is 16.5. The highest BCUT2D eigenvalue weighted by Gasteiger charge is 2.36. The van der Waals surface area contributed by atoms with Crippen molar-refractivity contribution in [3.63, 3.8) is 0 Å². The van der Waals surface area contributed by atoms with Gasteiger partial charge in [-0.25, -0.2) is 4.98 Å². The number of morpholine rings is 1. The number of carbonyl (C=O) groups is 1. The van der Waals surface area contributed by atoms with Gasteiger partial charge in [0.25, 0.3) is 5.91 Å².